The molecule has 7 heteroatoms. The van der Waals surface area contributed by atoms with E-state index in [0.29, 0.717) is 11.4 Å². The number of nitrogen functional groups attached to an aromatic ring is 1. The molecule has 122 valence electrons. The summed E-state index contributed by atoms with van der Waals surface area (Å²) in [6, 6.07) is 7.92. The van der Waals surface area contributed by atoms with Crippen molar-refractivity contribution in [2.24, 2.45) is 0 Å². The van der Waals surface area contributed by atoms with E-state index in [1.807, 2.05) is 0 Å². The number of hydrogen-bond donors (Lipinski definition) is 3. The zero-order chi connectivity index (χ0) is 17.6. The Labute approximate surface area is 135 Å². The minimum atomic E-state index is -0.758. The number of nitriles is 1. The van der Waals surface area contributed by atoms with E-state index in [-0.39, 0.29) is 12.2 Å². The monoisotopic (exact) mass is 316 g/mol. The molecule has 0 bridgehead atoms. The zero-order valence-corrected chi connectivity index (χ0v) is 13.3. The molecule has 0 saturated carbocycles. The molecule has 0 heterocycles. The van der Waals surface area contributed by atoms with Crippen LogP contribution in [0.25, 0.3) is 0 Å². The standard InChI is InChI=1S/C16H20N4O3/c1-11(22)20(14-6-4-13(18)5-7-14)15(23)12(8-17)9-19-16(2,3)10-21/h4-7,9,19,21H,10,18H2,1-3H3/b12-9-. The first-order chi connectivity index (χ1) is 10.7. The summed E-state index contributed by atoms with van der Waals surface area (Å²) in [4.78, 5) is 25.2. The maximum Gasteiger partial charge on any atom is 0.277 e. The molecular weight excluding hydrogens is 296 g/mol. The lowest BCUT2D eigenvalue weighted by atomic mass is 10.1. The Morgan fingerprint density at radius 1 is 1.39 bits per heavy atom. The molecule has 0 atom stereocenters. The third-order valence-electron chi connectivity index (χ3n) is 3.02. The van der Waals surface area contributed by atoms with Crippen molar-refractivity contribution in [2.75, 3.05) is 17.2 Å². The first-order valence-electron chi connectivity index (χ1n) is 6.91. The van der Waals surface area contributed by atoms with Crippen LogP contribution in [-0.2, 0) is 9.59 Å². The summed E-state index contributed by atoms with van der Waals surface area (Å²) in [5.41, 5.74) is 5.45. The number of anilines is 2. The third-order valence-corrected chi connectivity index (χ3v) is 3.02. The normalized spacial score (nSPS) is 11.5. The van der Waals surface area contributed by atoms with Crippen LogP contribution in [0.2, 0.25) is 0 Å². The minimum Gasteiger partial charge on any atom is -0.399 e. The molecule has 0 unspecified atom stereocenters. The van der Waals surface area contributed by atoms with Gasteiger partial charge in [-0.25, -0.2) is 4.90 Å². The van der Waals surface area contributed by atoms with E-state index in [9.17, 15) is 20.0 Å². The van der Waals surface area contributed by atoms with Crippen molar-refractivity contribution in [3.63, 3.8) is 0 Å². The van der Waals surface area contributed by atoms with Crippen molar-refractivity contribution >= 4 is 23.2 Å². The predicted octanol–water partition coefficient (Wildman–Crippen LogP) is 0.916. The topological polar surface area (TPSA) is 119 Å². The minimum absolute atomic E-state index is 0.190. The number of hydrogen-bond acceptors (Lipinski definition) is 6. The van der Waals surface area contributed by atoms with Crippen molar-refractivity contribution in [3.8, 4) is 6.07 Å². The zero-order valence-electron chi connectivity index (χ0n) is 13.3. The average molecular weight is 316 g/mol. The molecule has 0 saturated heterocycles. The van der Waals surface area contributed by atoms with Crippen LogP contribution in [0, 0.1) is 11.3 Å². The fourth-order valence-corrected chi connectivity index (χ4v) is 1.64. The van der Waals surface area contributed by atoms with E-state index in [2.05, 4.69) is 5.32 Å². The lowest BCUT2D eigenvalue weighted by Gasteiger charge is -2.23. The number of imide groups is 1. The third kappa shape index (κ3) is 4.83. The van der Waals surface area contributed by atoms with Gasteiger partial charge >= 0.3 is 0 Å². The molecule has 0 spiro atoms. The number of aliphatic hydroxyl groups is 1. The van der Waals surface area contributed by atoms with Crippen molar-refractivity contribution in [1.82, 2.24) is 5.32 Å². The summed E-state index contributed by atoms with van der Waals surface area (Å²) in [7, 11) is 0. The highest BCUT2D eigenvalue weighted by Crippen LogP contribution is 2.19. The van der Waals surface area contributed by atoms with Gasteiger partial charge in [0.05, 0.1) is 17.8 Å². The second kappa shape index (κ2) is 7.42. The van der Waals surface area contributed by atoms with Gasteiger partial charge in [-0.2, -0.15) is 5.26 Å². The van der Waals surface area contributed by atoms with Crippen LogP contribution in [-0.4, -0.2) is 29.1 Å². The number of nitrogens with one attached hydrogen (secondary N) is 1. The van der Waals surface area contributed by atoms with Crippen molar-refractivity contribution in [2.45, 2.75) is 26.3 Å². The molecule has 2 amide bonds. The molecule has 0 fully saturated rings. The van der Waals surface area contributed by atoms with Crippen LogP contribution in [0.4, 0.5) is 11.4 Å². The summed E-state index contributed by atoms with van der Waals surface area (Å²) in [5, 5.41) is 21.2. The van der Waals surface area contributed by atoms with E-state index in [4.69, 9.17) is 5.73 Å². The van der Waals surface area contributed by atoms with Crippen LogP contribution in [0.5, 0.6) is 0 Å². The lowest BCUT2D eigenvalue weighted by molar-refractivity contribution is -0.123. The quantitative estimate of drug-likeness (QED) is 0.422. The second-order valence-corrected chi connectivity index (χ2v) is 5.61. The van der Waals surface area contributed by atoms with E-state index < -0.39 is 17.4 Å². The SMILES string of the molecule is CC(=O)N(C(=O)/C(C#N)=C\NC(C)(C)CO)c1ccc(N)cc1. The molecule has 1 aromatic carbocycles. The van der Waals surface area contributed by atoms with Gasteiger partial charge in [-0.3, -0.25) is 9.59 Å². The molecule has 0 radical (unpaired) electrons. The van der Waals surface area contributed by atoms with Gasteiger partial charge in [0.2, 0.25) is 5.91 Å². The molecule has 1 aromatic rings. The number of amides is 2. The number of benzene rings is 1. The predicted molar refractivity (Wildman–Crippen MR) is 87.0 cm³/mol. The van der Waals surface area contributed by atoms with Crippen LogP contribution < -0.4 is 16.0 Å². The van der Waals surface area contributed by atoms with Crippen LogP contribution in [0.15, 0.2) is 36.0 Å². The first kappa shape index (κ1) is 18.2. The van der Waals surface area contributed by atoms with Crippen LogP contribution in [0.1, 0.15) is 20.8 Å². The van der Waals surface area contributed by atoms with Crippen molar-refractivity contribution in [3.05, 3.63) is 36.0 Å². The maximum absolute atomic E-state index is 12.5. The Balaban J connectivity index is 3.14. The molecule has 23 heavy (non-hydrogen) atoms. The number of aliphatic hydroxyl groups excluding tert-OH is 1. The Morgan fingerprint density at radius 2 is 1.96 bits per heavy atom. The highest BCUT2D eigenvalue weighted by atomic mass is 16.3. The number of nitrogens with zero attached hydrogens (tertiary/aromatic N) is 2. The molecule has 0 aliphatic carbocycles. The summed E-state index contributed by atoms with van der Waals surface area (Å²) in [6.07, 6.45) is 1.20. The molecule has 1 rings (SSSR count). The second-order valence-electron chi connectivity index (χ2n) is 5.61. The summed E-state index contributed by atoms with van der Waals surface area (Å²) in [5.74, 6) is -1.28. The molecule has 7 nitrogen and oxygen atoms in total. The summed E-state index contributed by atoms with van der Waals surface area (Å²) >= 11 is 0. The van der Waals surface area contributed by atoms with Crippen LogP contribution in [0.3, 0.4) is 0 Å². The number of rotatable bonds is 5. The smallest absolute Gasteiger partial charge is 0.277 e. The van der Waals surface area contributed by atoms with Gasteiger partial charge in [0.15, 0.2) is 0 Å². The van der Waals surface area contributed by atoms with E-state index in [0.717, 1.165) is 4.90 Å². The Bertz CT molecular complexity index is 657. The van der Waals surface area contributed by atoms with Gasteiger partial charge in [-0.15, -0.1) is 0 Å². The number of carbonyl (C=O) groups excluding carboxylic acids is 2. The van der Waals surface area contributed by atoms with E-state index in [1.54, 1.807) is 32.0 Å². The molecule has 0 aliphatic rings. The number of nitrogens with two attached hydrogens (primary N) is 1. The van der Waals surface area contributed by atoms with Gasteiger partial charge in [0, 0.05) is 18.8 Å². The van der Waals surface area contributed by atoms with Gasteiger partial charge in [0.1, 0.15) is 11.6 Å². The fourth-order valence-electron chi connectivity index (χ4n) is 1.64. The molecular formula is C16H20N4O3. The largest absolute Gasteiger partial charge is 0.399 e. The van der Waals surface area contributed by atoms with Gasteiger partial charge in [-0.05, 0) is 38.1 Å². The highest BCUT2D eigenvalue weighted by molar-refractivity contribution is 6.21. The Hall–Kier alpha value is -2.85. The Kier molecular flexibility index (Phi) is 5.87. The molecule has 0 aliphatic heterocycles. The van der Waals surface area contributed by atoms with Crippen molar-refractivity contribution in [1.29, 1.82) is 5.26 Å². The summed E-state index contributed by atoms with van der Waals surface area (Å²) < 4.78 is 0. The van der Waals surface area contributed by atoms with Crippen molar-refractivity contribution < 1.29 is 14.7 Å². The lowest BCUT2D eigenvalue weighted by Crippen LogP contribution is -2.41. The van der Waals surface area contributed by atoms with Crippen LogP contribution >= 0.6 is 0 Å². The van der Waals surface area contributed by atoms with E-state index >= 15 is 0 Å². The highest BCUT2D eigenvalue weighted by Gasteiger charge is 2.24. The molecule has 4 N–H and O–H groups in total. The fraction of sp³-hybridized carbons (Fsp3) is 0.312. The van der Waals surface area contributed by atoms with Gasteiger partial charge < -0.3 is 16.2 Å². The van der Waals surface area contributed by atoms with E-state index in [1.165, 1.54) is 25.3 Å². The molecule has 0 aromatic heterocycles. The average Bonchev–Trinajstić information content (AvgIpc) is 2.49. The Morgan fingerprint density at radius 3 is 2.39 bits per heavy atom. The van der Waals surface area contributed by atoms with Gasteiger partial charge in [-0.1, -0.05) is 0 Å². The first-order valence-corrected chi connectivity index (χ1v) is 6.91. The number of carbonyl (C=O) groups is 2. The summed E-state index contributed by atoms with van der Waals surface area (Å²) in [6.45, 7) is 4.44. The maximum atomic E-state index is 12.5. The van der Waals surface area contributed by atoms with Gasteiger partial charge in [0.25, 0.3) is 5.91 Å².